The van der Waals surface area contributed by atoms with Gasteiger partial charge in [0.25, 0.3) is 0 Å². The SMILES string of the molecule is Cn1nccc1C(O)CC(C)(C)C. The topological polar surface area (TPSA) is 38.0 Å². The normalized spacial score (nSPS) is 14.5. The summed E-state index contributed by atoms with van der Waals surface area (Å²) in [7, 11) is 1.85. The highest BCUT2D eigenvalue weighted by molar-refractivity contribution is 5.04. The van der Waals surface area contributed by atoms with Crippen LogP contribution in [-0.2, 0) is 7.05 Å². The summed E-state index contributed by atoms with van der Waals surface area (Å²) < 4.78 is 1.72. The summed E-state index contributed by atoms with van der Waals surface area (Å²) in [4.78, 5) is 0. The van der Waals surface area contributed by atoms with Gasteiger partial charge in [0.15, 0.2) is 0 Å². The van der Waals surface area contributed by atoms with Gasteiger partial charge in [0.05, 0.1) is 11.8 Å². The maximum atomic E-state index is 9.87. The van der Waals surface area contributed by atoms with Gasteiger partial charge in [0.2, 0.25) is 0 Å². The Morgan fingerprint density at radius 2 is 2.15 bits per heavy atom. The summed E-state index contributed by atoms with van der Waals surface area (Å²) in [6.45, 7) is 6.35. The second-order valence-corrected chi connectivity index (χ2v) is 4.66. The summed E-state index contributed by atoms with van der Waals surface area (Å²) in [6, 6.07) is 1.86. The standard InChI is InChI=1S/C10H18N2O/c1-10(2,3)7-9(13)8-5-6-11-12(8)4/h5-6,9,13H,7H2,1-4H3. The van der Waals surface area contributed by atoms with Crippen LogP contribution in [0.5, 0.6) is 0 Å². The fraction of sp³-hybridized carbons (Fsp3) is 0.700. The van der Waals surface area contributed by atoms with Crippen LogP contribution in [0.25, 0.3) is 0 Å². The number of nitrogens with zero attached hydrogens (tertiary/aromatic N) is 2. The lowest BCUT2D eigenvalue weighted by atomic mass is 9.88. The molecule has 0 fully saturated rings. The summed E-state index contributed by atoms with van der Waals surface area (Å²) >= 11 is 0. The third-order valence-electron chi connectivity index (χ3n) is 2.01. The van der Waals surface area contributed by atoms with E-state index < -0.39 is 6.10 Å². The molecule has 0 saturated heterocycles. The average Bonchev–Trinajstić information content (AvgIpc) is 2.30. The molecule has 1 atom stereocenters. The van der Waals surface area contributed by atoms with Gasteiger partial charge in [0.1, 0.15) is 0 Å². The van der Waals surface area contributed by atoms with E-state index >= 15 is 0 Å². The molecule has 1 aromatic rings. The molecular formula is C10H18N2O. The van der Waals surface area contributed by atoms with Gasteiger partial charge in [-0.1, -0.05) is 20.8 Å². The Morgan fingerprint density at radius 3 is 2.54 bits per heavy atom. The molecule has 3 nitrogen and oxygen atoms in total. The van der Waals surface area contributed by atoms with E-state index in [2.05, 4.69) is 25.9 Å². The lowest BCUT2D eigenvalue weighted by molar-refractivity contribution is 0.114. The van der Waals surface area contributed by atoms with E-state index in [0.717, 1.165) is 12.1 Å². The smallest absolute Gasteiger partial charge is 0.0961 e. The predicted molar refractivity (Wildman–Crippen MR) is 52.2 cm³/mol. The maximum Gasteiger partial charge on any atom is 0.0961 e. The van der Waals surface area contributed by atoms with E-state index in [0.29, 0.717) is 0 Å². The number of hydrogen-bond acceptors (Lipinski definition) is 2. The van der Waals surface area contributed by atoms with Crippen molar-refractivity contribution < 1.29 is 5.11 Å². The van der Waals surface area contributed by atoms with Gasteiger partial charge in [0, 0.05) is 13.2 Å². The van der Waals surface area contributed by atoms with E-state index in [1.54, 1.807) is 10.9 Å². The van der Waals surface area contributed by atoms with Crippen molar-refractivity contribution in [3.05, 3.63) is 18.0 Å². The van der Waals surface area contributed by atoms with Gasteiger partial charge in [-0.15, -0.1) is 0 Å². The van der Waals surface area contributed by atoms with E-state index in [-0.39, 0.29) is 5.41 Å². The van der Waals surface area contributed by atoms with Gasteiger partial charge < -0.3 is 5.11 Å². The van der Waals surface area contributed by atoms with Crippen molar-refractivity contribution in [1.82, 2.24) is 9.78 Å². The van der Waals surface area contributed by atoms with Crippen molar-refractivity contribution in [2.24, 2.45) is 12.5 Å². The van der Waals surface area contributed by atoms with Crippen LogP contribution in [0.3, 0.4) is 0 Å². The van der Waals surface area contributed by atoms with Gasteiger partial charge in [-0.2, -0.15) is 5.10 Å². The largest absolute Gasteiger partial charge is 0.387 e. The zero-order valence-electron chi connectivity index (χ0n) is 8.78. The summed E-state index contributed by atoms with van der Waals surface area (Å²) in [5, 5.41) is 13.9. The van der Waals surface area contributed by atoms with Crippen LogP contribution < -0.4 is 0 Å². The molecule has 0 bridgehead atoms. The predicted octanol–water partition coefficient (Wildman–Crippen LogP) is 1.89. The van der Waals surface area contributed by atoms with Crippen LogP contribution >= 0.6 is 0 Å². The number of aliphatic hydroxyl groups is 1. The first-order valence-corrected chi connectivity index (χ1v) is 4.56. The van der Waals surface area contributed by atoms with Gasteiger partial charge in [-0.05, 0) is 17.9 Å². The third kappa shape index (κ3) is 2.84. The van der Waals surface area contributed by atoms with Crippen LogP contribution in [0.15, 0.2) is 12.3 Å². The lowest BCUT2D eigenvalue weighted by Crippen LogP contribution is -2.14. The summed E-state index contributed by atoms with van der Waals surface area (Å²) in [6.07, 6.45) is 2.06. The fourth-order valence-corrected chi connectivity index (χ4v) is 1.40. The van der Waals surface area contributed by atoms with Crippen LogP contribution in [0.4, 0.5) is 0 Å². The minimum atomic E-state index is -0.410. The summed E-state index contributed by atoms with van der Waals surface area (Å²) in [5.41, 5.74) is 1.03. The Bertz CT molecular complexity index is 273. The third-order valence-corrected chi connectivity index (χ3v) is 2.01. The van der Waals surface area contributed by atoms with Gasteiger partial charge in [-0.3, -0.25) is 4.68 Å². The molecule has 0 saturated carbocycles. The van der Waals surface area contributed by atoms with Crippen LogP contribution in [0.1, 0.15) is 39.0 Å². The van der Waals surface area contributed by atoms with Crippen molar-refractivity contribution >= 4 is 0 Å². The molecule has 0 amide bonds. The second-order valence-electron chi connectivity index (χ2n) is 4.66. The lowest BCUT2D eigenvalue weighted by Gasteiger charge is -2.22. The molecule has 13 heavy (non-hydrogen) atoms. The highest BCUT2D eigenvalue weighted by Crippen LogP contribution is 2.28. The molecule has 0 radical (unpaired) electrons. The average molecular weight is 182 g/mol. The Kier molecular flexibility index (Phi) is 2.76. The van der Waals surface area contributed by atoms with E-state index in [1.807, 2.05) is 13.1 Å². The molecule has 1 unspecified atom stereocenters. The van der Waals surface area contributed by atoms with E-state index in [9.17, 15) is 5.11 Å². The van der Waals surface area contributed by atoms with Crippen molar-refractivity contribution in [3.8, 4) is 0 Å². The van der Waals surface area contributed by atoms with Crippen molar-refractivity contribution in [3.63, 3.8) is 0 Å². The molecule has 1 rings (SSSR count). The minimum Gasteiger partial charge on any atom is -0.387 e. The highest BCUT2D eigenvalue weighted by Gasteiger charge is 2.19. The summed E-state index contributed by atoms with van der Waals surface area (Å²) in [5.74, 6) is 0. The van der Waals surface area contributed by atoms with Crippen LogP contribution in [0.2, 0.25) is 0 Å². The maximum absolute atomic E-state index is 9.87. The molecule has 3 heteroatoms. The van der Waals surface area contributed by atoms with E-state index in [4.69, 9.17) is 0 Å². The van der Waals surface area contributed by atoms with Crippen LogP contribution in [0, 0.1) is 5.41 Å². The number of aliphatic hydroxyl groups excluding tert-OH is 1. The van der Waals surface area contributed by atoms with Crippen LogP contribution in [-0.4, -0.2) is 14.9 Å². The molecule has 1 heterocycles. The van der Waals surface area contributed by atoms with E-state index in [1.165, 1.54) is 0 Å². The first kappa shape index (κ1) is 10.3. The first-order chi connectivity index (χ1) is 5.90. The van der Waals surface area contributed by atoms with Crippen molar-refractivity contribution in [1.29, 1.82) is 0 Å². The fourth-order valence-electron chi connectivity index (χ4n) is 1.40. The molecule has 0 aliphatic carbocycles. The quantitative estimate of drug-likeness (QED) is 0.758. The minimum absolute atomic E-state index is 0.143. The van der Waals surface area contributed by atoms with Crippen molar-refractivity contribution in [2.45, 2.75) is 33.3 Å². The molecular weight excluding hydrogens is 164 g/mol. The molecule has 0 aliphatic rings. The zero-order valence-corrected chi connectivity index (χ0v) is 8.78. The molecule has 0 spiro atoms. The number of rotatable bonds is 2. The first-order valence-electron chi connectivity index (χ1n) is 4.56. The molecule has 1 aromatic heterocycles. The Hall–Kier alpha value is -0.830. The highest BCUT2D eigenvalue weighted by atomic mass is 16.3. The zero-order chi connectivity index (χ0) is 10.1. The van der Waals surface area contributed by atoms with Crippen molar-refractivity contribution in [2.75, 3.05) is 0 Å². The Labute approximate surface area is 79.4 Å². The molecule has 0 aliphatic heterocycles. The molecule has 0 aromatic carbocycles. The Balaban J connectivity index is 2.69. The Morgan fingerprint density at radius 1 is 1.54 bits per heavy atom. The number of aromatic nitrogens is 2. The number of hydrogen-bond donors (Lipinski definition) is 1. The van der Waals surface area contributed by atoms with Gasteiger partial charge in [-0.25, -0.2) is 0 Å². The molecule has 1 N–H and O–H groups in total. The number of aryl methyl sites for hydroxylation is 1. The second kappa shape index (κ2) is 3.50. The van der Waals surface area contributed by atoms with Gasteiger partial charge >= 0.3 is 0 Å². The molecule has 74 valence electrons. The monoisotopic (exact) mass is 182 g/mol.